The minimum Gasteiger partial charge on any atom is -0.354 e. The molecule has 0 spiro atoms. The molecule has 0 aromatic heterocycles. The third-order valence-corrected chi connectivity index (χ3v) is 5.88. The summed E-state index contributed by atoms with van der Waals surface area (Å²) in [5, 5.41) is 2.92. The highest BCUT2D eigenvalue weighted by Gasteiger charge is 2.32. The van der Waals surface area contributed by atoms with Crippen LogP contribution in [-0.2, 0) is 21.2 Å². The number of nitrogens with zero attached hydrogens (tertiary/aromatic N) is 1. The Kier molecular flexibility index (Phi) is 7.63. The lowest BCUT2D eigenvalue weighted by Gasteiger charge is -2.31. The fraction of sp³-hybridized carbons (Fsp3) is 0.409. The molecule has 2 aromatic carbocycles. The number of sulfonamides is 1. The normalized spacial score (nSPS) is 12.4. The lowest BCUT2D eigenvalue weighted by Crippen LogP contribution is -2.49. The van der Waals surface area contributed by atoms with Crippen LogP contribution in [0.2, 0.25) is 0 Å². The molecule has 2 aromatic rings. The predicted octanol–water partition coefficient (Wildman–Crippen LogP) is 3.60. The number of hydrogen-bond donors (Lipinski definition) is 1. The van der Waals surface area contributed by atoms with Gasteiger partial charge in [-0.2, -0.15) is 0 Å². The molecular weight excluding hydrogens is 372 g/mol. The van der Waals surface area contributed by atoms with Crippen molar-refractivity contribution in [1.29, 1.82) is 0 Å². The summed E-state index contributed by atoms with van der Waals surface area (Å²) in [7, 11) is -3.61. The quantitative estimate of drug-likeness (QED) is 0.652. The van der Waals surface area contributed by atoms with Crippen LogP contribution in [0.4, 0.5) is 5.69 Å². The summed E-state index contributed by atoms with van der Waals surface area (Å²) in [4.78, 5) is 12.8. The molecule has 0 aliphatic carbocycles. The lowest BCUT2D eigenvalue weighted by molar-refractivity contribution is -0.122. The summed E-state index contributed by atoms with van der Waals surface area (Å²) in [5.41, 5.74) is 3.56. The van der Waals surface area contributed by atoms with E-state index in [1.807, 2.05) is 57.2 Å². The Labute approximate surface area is 168 Å². The molecule has 0 bridgehead atoms. The van der Waals surface area contributed by atoms with Gasteiger partial charge < -0.3 is 5.32 Å². The van der Waals surface area contributed by atoms with E-state index in [4.69, 9.17) is 0 Å². The maximum atomic E-state index is 12.8. The second-order valence-electron chi connectivity index (χ2n) is 7.15. The van der Waals surface area contributed by atoms with E-state index in [9.17, 15) is 13.2 Å². The SMILES string of the molecule is CCC(C(=O)NCCCc1ccccc1)N(c1cc(C)ccc1C)S(C)(=O)=O. The average Bonchev–Trinajstić information content (AvgIpc) is 2.65. The number of benzene rings is 2. The number of nitrogens with one attached hydrogen (secondary N) is 1. The number of carbonyl (C=O) groups is 1. The van der Waals surface area contributed by atoms with E-state index >= 15 is 0 Å². The molecule has 152 valence electrons. The molecule has 1 N–H and O–H groups in total. The fourth-order valence-corrected chi connectivity index (χ4v) is 4.52. The van der Waals surface area contributed by atoms with Gasteiger partial charge in [-0.05, 0) is 55.9 Å². The van der Waals surface area contributed by atoms with Gasteiger partial charge in [-0.3, -0.25) is 9.10 Å². The minimum absolute atomic E-state index is 0.262. The standard InChI is InChI=1S/C22H30N2O3S/c1-5-20(22(25)23-15-9-12-19-10-7-6-8-11-19)24(28(4,26)27)21-16-17(2)13-14-18(21)3/h6-8,10-11,13-14,16,20H,5,9,12,15H2,1-4H3,(H,23,25). The molecule has 0 saturated carbocycles. The number of hydrogen-bond acceptors (Lipinski definition) is 3. The molecule has 1 atom stereocenters. The van der Waals surface area contributed by atoms with Crippen LogP contribution in [0.3, 0.4) is 0 Å². The van der Waals surface area contributed by atoms with Crippen LogP contribution in [-0.4, -0.2) is 33.2 Å². The van der Waals surface area contributed by atoms with Gasteiger partial charge in [0.15, 0.2) is 0 Å². The summed E-state index contributed by atoms with van der Waals surface area (Å²) in [6.07, 6.45) is 3.21. The van der Waals surface area contributed by atoms with Crippen LogP contribution in [0, 0.1) is 13.8 Å². The van der Waals surface area contributed by atoms with Crippen LogP contribution in [0.5, 0.6) is 0 Å². The topological polar surface area (TPSA) is 66.5 Å². The Bertz CT molecular complexity index is 895. The molecule has 28 heavy (non-hydrogen) atoms. The van der Waals surface area contributed by atoms with Crippen LogP contribution in [0.25, 0.3) is 0 Å². The number of rotatable bonds is 9. The summed E-state index contributed by atoms with van der Waals surface area (Å²) in [6.45, 7) is 6.11. The molecular formula is C22H30N2O3S. The van der Waals surface area contributed by atoms with Gasteiger partial charge in [0.25, 0.3) is 0 Å². The van der Waals surface area contributed by atoms with Crippen molar-refractivity contribution in [2.75, 3.05) is 17.1 Å². The Hall–Kier alpha value is -2.34. The van der Waals surface area contributed by atoms with Crippen LogP contribution >= 0.6 is 0 Å². The lowest BCUT2D eigenvalue weighted by atomic mass is 10.1. The summed E-state index contributed by atoms with van der Waals surface area (Å²) < 4.78 is 26.4. The van der Waals surface area contributed by atoms with Gasteiger partial charge in [0, 0.05) is 6.54 Å². The van der Waals surface area contributed by atoms with Crippen molar-refractivity contribution in [3.05, 3.63) is 65.2 Å². The molecule has 0 radical (unpaired) electrons. The second-order valence-corrected chi connectivity index (χ2v) is 9.01. The monoisotopic (exact) mass is 402 g/mol. The number of amides is 1. The van der Waals surface area contributed by atoms with Gasteiger partial charge in [-0.15, -0.1) is 0 Å². The number of anilines is 1. The molecule has 0 saturated heterocycles. The van der Waals surface area contributed by atoms with Crippen molar-refractivity contribution < 1.29 is 13.2 Å². The highest BCUT2D eigenvalue weighted by Crippen LogP contribution is 2.27. The Morgan fingerprint density at radius 3 is 2.39 bits per heavy atom. The molecule has 6 heteroatoms. The predicted molar refractivity (Wildman–Crippen MR) is 115 cm³/mol. The Morgan fingerprint density at radius 2 is 1.79 bits per heavy atom. The molecule has 1 unspecified atom stereocenters. The maximum Gasteiger partial charge on any atom is 0.243 e. The zero-order valence-electron chi connectivity index (χ0n) is 17.1. The van der Waals surface area contributed by atoms with Gasteiger partial charge in [0.05, 0.1) is 11.9 Å². The first-order chi connectivity index (χ1) is 13.2. The van der Waals surface area contributed by atoms with Crippen molar-refractivity contribution in [1.82, 2.24) is 5.32 Å². The zero-order valence-corrected chi connectivity index (χ0v) is 17.9. The summed E-state index contributed by atoms with van der Waals surface area (Å²) >= 11 is 0. The van der Waals surface area contributed by atoms with Gasteiger partial charge in [0.2, 0.25) is 15.9 Å². The highest BCUT2D eigenvalue weighted by molar-refractivity contribution is 7.92. The van der Waals surface area contributed by atoms with E-state index < -0.39 is 16.1 Å². The molecule has 2 rings (SSSR count). The van der Waals surface area contributed by atoms with Gasteiger partial charge in [-0.25, -0.2) is 8.42 Å². The van der Waals surface area contributed by atoms with Crippen molar-refractivity contribution in [2.24, 2.45) is 0 Å². The van der Waals surface area contributed by atoms with Crippen molar-refractivity contribution in [2.45, 2.75) is 46.1 Å². The van der Waals surface area contributed by atoms with E-state index in [1.54, 1.807) is 0 Å². The molecule has 0 heterocycles. The van der Waals surface area contributed by atoms with E-state index in [0.717, 1.165) is 30.2 Å². The molecule has 1 amide bonds. The van der Waals surface area contributed by atoms with E-state index in [-0.39, 0.29) is 5.91 Å². The fourth-order valence-electron chi connectivity index (χ4n) is 3.26. The van der Waals surface area contributed by atoms with Crippen molar-refractivity contribution >= 4 is 21.6 Å². The number of aryl methyl sites for hydroxylation is 3. The van der Waals surface area contributed by atoms with Crippen molar-refractivity contribution in [3.8, 4) is 0 Å². The first-order valence-electron chi connectivity index (χ1n) is 9.62. The van der Waals surface area contributed by atoms with Gasteiger partial charge >= 0.3 is 0 Å². The minimum atomic E-state index is -3.61. The average molecular weight is 403 g/mol. The number of carbonyl (C=O) groups excluding carboxylic acids is 1. The smallest absolute Gasteiger partial charge is 0.243 e. The Balaban J connectivity index is 2.12. The molecule has 0 fully saturated rings. The molecule has 0 aliphatic rings. The van der Waals surface area contributed by atoms with Crippen LogP contribution < -0.4 is 9.62 Å². The van der Waals surface area contributed by atoms with Crippen LogP contribution in [0.15, 0.2) is 48.5 Å². The van der Waals surface area contributed by atoms with Crippen molar-refractivity contribution in [3.63, 3.8) is 0 Å². The summed E-state index contributed by atoms with van der Waals surface area (Å²) in [6, 6.07) is 14.9. The molecule has 0 aliphatic heterocycles. The third kappa shape index (κ3) is 5.83. The zero-order chi connectivity index (χ0) is 20.7. The van der Waals surface area contributed by atoms with E-state index in [1.165, 1.54) is 9.87 Å². The molecule has 5 nitrogen and oxygen atoms in total. The summed E-state index contributed by atoms with van der Waals surface area (Å²) in [5.74, 6) is -0.262. The van der Waals surface area contributed by atoms with E-state index in [0.29, 0.717) is 18.7 Å². The largest absolute Gasteiger partial charge is 0.354 e. The van der Waals surface area contributed by atoms with Gasteiger partial charge in [-0.1, -0.05) is 49.4 Å². The highest BCUT2D eigenvalue weighted by atomic mass is 32.2. The first-order valence-corrected chi connectivity index (χ1v) is 11.5. The van der Waals surface area contributed by atoms with Crippen LogP contribution in [0.1, 0.15) is 36.5 Å². The maximum absolute atomic E-state index is 12.8. The Morgan fingerprint density at radius 1 is 1.11 bits per heavy atom. The van der Waals surface area contributed by atoms with E-state index in [2.05, 4.69) is 17.4 Å². The first kappa shape index (κ1) is 22.0. The van der Waals surface area contributed by atoms with Gasteiger partial charge in [0.1, 0.15) is 6.04 Å². The third-order valence-electron chi connectivity index (χ3n) is 4.72. The second kappa shape index (κ2) is 9.73.